The van der Waals surface area contributed by atoms with Gasteiger partial charge < -0.3 is 0 Å². The molecule has 2 atom stereocenters. The first-order valence-electron chi connectivity index (χ1n) is 11.3. The van der Waals surface area contributed by atoms with Gasteiger partial charge in [-0.05, 0) is 24.0 Å². The van der Waals surface area contributed by atoms with Gasteiger partial charge in [-0.2, -0.15) is 4.89 Å². The van der Waals surface area contributed by atoms with E-state index in [2.05, 4.69) is 54.6 Å². The predicted molar refractivity (Wildman–Crippen MR) is 119 cm³/mol. The van der Waals surface area contributed by atoms with Crippen molar-refractivity contribution >= 4 is 0 Å². The van der Waals surface area contributed by atoms with Crippen molar-refractivity contribution in [3.63, 3.8) is 0 Å². The van der Waals surface area contributed by atoms with Crippen molar-refractivity contribution in [1.82, 2.24) is 5.06 Å². The number of benzene rings is 3. The third kappa shape index (κ3) is 4.30. The lowest BCUT2D eigenvalue weighted by Crippen LogP contribution is -2.52. The molecule has 3 aromatic carbocycles. The summed E-state index contributed by atoms with van der Waals surface area (Å²) >= 11 is 0. The van der Waals surface area contributed by atoms with Crippen LogP contribution in [0.2, 0.25) is 0 Å². The van der Waals surface area contributed by atoms with Crippen LogP contribution in [-0.2, 0) is 26.6 Å². The van der Waals surface area contributed by atoms with E-state index in [0.717, 1.165) is 18.4 Å². The smallest absolute Gasteiger partial charge is 0.220 e. The van der Waals surface area contributed by atoms with Crippen LogP contribution in [0.3, 0.4) is 0 Å². The Morgan fingerprint density at radius 1 is 0.710 bits per heavy atom. The third-order valence-corrected chi connectivity index (χ3v) is 6.54. The van der Waals surface area contributed by atoms with Crippen LogP contribution < -0.4 is 0 Å². The van der Waals surface area contributed by atoms with Gasteiger partial charge in [-0.3, -0.25) is 4.84 Å². The minimum absolute atomic E-state index is 0.212. The molecule has 31 heavy (non-hydrogen) atoms. The van der Waals surface area contributed by atoms with Crippen LogP contribution >= 0.6 is 0 Å². The molecule has 2 fully saturated rings. The number of hydrogen-bond donors (Lipinski definition) is 0. The first-order valence-corrected chi connectivity index (χ1v) is 11.3. The summed E-state index contributed by atoms with van der Waals surface area (Å²) < 4.78 is 0. The van der Waals surface area contributed by atoms with Gasteiger partial charge in [-0.15, -0.1) is 5.06 Å². The van der Waals surface area contributed by atoms with Crippen molar-refractivity contribution in [2.24, 2.45) is 0 Å². The largest absolute Gasteiger partial charge is 0.260 e. The lowest BCUT2D eigenvalue weighted by Gasteiger charge is -2.47. The van der Waals surface area contributed by atoms with Crippen molar-refractivity contribution in [1.29, 1.82) is 0 Å². The molecule has 5 rings (SSSR count). The molecule has 0 bridgehead atoms. The standard InChI is InChI=1S/C27H29NO3/c1-5-13-22(14-6-1)21-28-25(23-15-7-2-8-16-23)30-31-26(29-28)27(19-11-4-12-20-27)24-17-9-3-10-18-24/h1-3,5-10,13-18,25-26H,4,11-12,19-21H2. The monoisotopic (exact) mass is 415 g/mol. The molecule has 4 nitrogen and oxygen atoms in total. The van der Waals surface area contributed by atoms with E-state index < -0.39 is 12.5 Å². The number of hydrogen-bond acceptors (Lipinski definition) is 4. The van der Waals surface area contributed by atoms with Crippen molar-refractivity contribution in [2.75, 3.05) is 0 Å². The molecule has 1 saturated carbocycles. The second-order valence-corrected chi connectivity index (χ2v) is 8.54. The highest BCUT2D eigenvalue weighted by Crippen LogP contribution is 2.46. The molecule has 1 heterocycles. The lowest BCUT2D eigenvalue weighted by atomic mass is 9.69. The Morgan fingerprint density at radius 2 is 1.32 bits per heavy atom. The zero-order chi connectivity index (χ0) is 20.9. The molecule has 0 spiro atoms. The van der Waals surface area contributed by atoms with Crippen molar-refractivity contribution in [3.05, 3.63) is 108 Å². The highest BCUT2D eigenvalue weighted by atomic mass is 17.3. The molecule has 160 valence electrons. The third-order valence-electron chi connectivity index (χ3n) is 6.54. The van der Waals surface area contributed by atoms with Gasteiger partial charge in [0.1, 0.15) is 0 Å². The molecule has 4 heteroatoms. The molecule has 1 aliphatic carbocycles. The van der Waals surface area contributed by atoms with E-state index in [9.17, 15) is 0 Å². The lowest BCUT2D eigenvalue weighted by molar-refractivity contribution is -0.543. The summed E-state index contributed by atoms with van der Waals surface area (Å²) in [7, 11) is 0. The zero-order valence-electron chi connectivity index (χ0n) is 17.7. The summed E-state index contributed by atoms with van der Waals surface area (Å²) in [6.45, 7) is 0.616. The Bertz CT molecular complexity index is 942. The summed E-state index contributed by atoms with van der Waals surface area (Å²) in [6.07, 6.45) is 4.73. The Balaban J connectivity index is 1.47. The van der Waals surface area contributed by atoms with Gasteiger partial charge in [0.25, 0.3) is 0 Å². The predicted octanol–water partition coefficient (Wildman–Crippen LogP) is 6.31. The molecule has 0 aromatic heterocycles. The van der Waals surface area contributed by atoms with E-state index in [0.29, 0.717) is 6.54 Å². The number of rotatable bonds is 5. The van der Waals surface area contributed by atoms with Crippen LogP contribution in [0, 0.1) is 0 Å². The average Bonchev–Trinajstić information content (AvgIpc) is 2.86. The summed E-state index contributed by atoms with van der Waals surface area (Å²) in [5.41, 5.74) is 3.23. The first-order chi connectivity index (χ1) is 15.4. The van der Waals surface area contributed by atoms with Crippen LogP contribution in [-0.4, -0.2) is 11.4 Å². The van der Waals surface area contributed by atoms with Crippen molar-refractivity contribution in [3.8, 4) is 0 Å². The maximum absolute atomic E-state index is 6.64. The Morgan fingerprint density at radius 3 is 2.00 bits per heavy atom. The second kappa shape index (κ2) is 9.33. The molecular formula is C27H29NO3. The van der Waals surface area contributed by atoms with Gasteiger partial charge in [-0.25, -0.2) is 4.89 Å². The van der Waals surface area contributed by atoms with E-state index in [-0.39, 0.29) is 5.41 Å². The highest BCUT2D eigenvalue weighted by molar-refractivity contribution is 5.27. The first kappa shape index (κ1) is 20.4. The summed E-state index contributed by atoms with van der Waals surface area (Å²) in [4.78, 5) is 18.7. The minimum Gasteiger partial charge on any atom is -0.260 e. The van der Waals surface area contributed by atoms with Gasteiger partial charge in [0, 0.05) is 5.56 Å². The van der Waals surface area contributed by atoms with Crippen LogP contribution in [0.15, 0.2) is 91.0 Å². The summed E-state index contributed by atoms with van der Waals surface area (Å²) in [5, 5.41) is 1.94. The van der Waals surface area contributed by atoms with Gasteiger partial charge in [0.05, 0.1) is 12.0 Å². The molecule has 2 aliphatic rings. The van der Waals surface area contributed by atoms with Crippen molar-refractivity contribution in [2.45, 2.75) is 56.6 Å². The molecule has 0 radical (unpaired) electrons. The van der Waals surface area contributed by atoms with Gasteiger partial charge in [0.2, 0.25) is 6.29 Å². The number of hydroxylamine groups is 2. The summed E-state index contributed by atoms with van der Waals surface area (Å²) in [5.74, 6) is 0. The second-order valence-electron chi connectivity index (χ2n) is 8.54. The molecular weight excluding hydrogens is 386 g/mol. The van der Waals surface area contributed by atoms with Crippen LogP contribution in [0.5, 0.6) is 0 Å². The van der Waals surface area contributed by atoms with E-state index in [1.54, 1.807) is 0 Å². The molecule has 1 aliphatic heterocycles. The molecule has 1 saturated heterocycles. The Hall–Kier alpha value is -2.50. The van der Waals surface area contributed by atoms with E-state index >= 15 is 0 Å². The van der Waals surface area contributed by atoms with Crippen LogP contribution in [0.1, 0.15) is 55.0 Å². The topological polar surface area (TPSA) is 30.9 Å². The molecule has 3 aromatic rings. The van der Waals surface area contributed by atoms with E-state index in [4.69, 9.17) is 14.6 Å². The maximum atomic E-state index is 6.64. The molecule has 2 unspecified atom stereocenters. The van der Waals surface area contributed by atoms with Crippen molar-refractivity contribution < 1.29 is 14.6 Å². The van der Waals surface area contributed by atoms with Gasteiger partial charge >= 0.3 is 0 Å². The Kier molecular flexibility index (Phi) is 6.14. The van der Waals surface area contributed by atoms with Crippen LogP contribution in [0.4, 0.5) is 0 Å². The fraction of sp³-hybridized carbons (Fsp3) is 0.333. The highest BCUT2D eigenvalue weighted by Gasteiger charge is 2.48. The Labute approximate surface area is 184 Å². The quantitative estimate of drug-likeness (QED) is 0.457. The molecule has 0 amide bonds. The number of nitrogens with zero attached hydrogens (tertiary/aromatic N) is 1. The maximum Gasteiger partial charge on any atom is 0.220 e. The normalized spacial score (nSPS) is 24.0. The van der Waals surface area contributed by atoms with Gasteiger partial charge in [0.15, 0.2) is 6.23 Å². The van der Waals surface area contributed by atoms with E-state index in [1.807, 2.05) is 41.5 Å². The van der Waals surface area contributed by atoms with Crippen LogP contribution in [0.25, 0.3) is 0 Å². The fourth-order valence-electron chi connectivity index (χ4n) is 4.88. The average molecular weight is 416 g/mol. The van der Waals surface area contributed by atoms with Gasteiger partial charge in [-0.1, -0.05) is 110 Å². The molecule has 0 N–H and O–H groups in total. The minimum atomic E-state index is -0.487. The fourth-order valence-corrected chi connectivity index (χ4v) is 4.88. The van der Waals surface area contributed by atoms with E-state index in [1.165, 1.54) is 30.4 Å². The zero-order valence-corrected chi connectivity index (χ0v) is 17.7. The SMILES string of the molecule is c1ccc(CN2OC(C3(c4ccccc4)CCCCC3)OOC2c2ccccc2)cc1. The summed E-state index contributed by atoms with van der Waals surface area (Å²) in [6, 6.07) is 31.1.